The summed E-state index contributed by atoms with van der Waals surface area (Å²) in [5, 5.41) is 3.15. The molecule has 28 heavy (non-hydrogen) atoms. The molecule has 0 saturated carbocycles. The molecule has 0 bridgehead atoms. The van der Waals surface area contributed by atoms with Crippen molar-refractivity contribution >= 4 is 33.2 Å². The quantitative estimate of drug-likeness (QED) is 0.815. The van der Waals surface area contributed by atoms with E-state index >= 15 is 0 Å². The lowest BCUT2D eigenvalue weighted by atomic mass is 10.2. The third kappa shape index (κ3) is 4.55. The molecule has 150 valence electrons. The molecule has 1 heterocycles. The first-order valence-corrected chi connectivity index (χ1v) is 10.8. The molecule has 2 atom stereocenters. The Morgan fingerprint density at radius 3 is 2.46 bits per heavy atom. The van der Waals surface area contributed by atoms with Crippen LogP contribution in [0.4, 0.5) is 5.69 Å². The van der Waals surface area contributed by atoms with Gasteiger partial charge in [0.2, 0.25) is 10.0 Å². The van der Waals surface area contributed by atoms with Crippen LogP contribution >= 0.6 is 11.6 Å². The van der Waals surface area contributed by atoms with Gasteiger partial charge in [-0.1, -0.05) is 23.7 Å². The first kappa shape index (κ1) is 20.8. The maximum atomic E-state index is 13.0. The van der Waals surface area contributed by atoms with Crippen molar-refractivity contribution in [3.63, 3.8) is 0 Å². The number of nitrogens with one attached hydrogen (secondary N) is 1. The van der Waals surface area contributed by atoms with Crippen LogP contribution in [0.15, 0.2) is 47.4 Å². The number of aryl methyl sites for hydroxylation is 1. The monoisotopic (exact) mass is 422 g/mol. The smallest absolute Gasteiger partial charge is 0.255 e. The first-order valence-electron chi connectivity index (χ1n) is 9.00. The van der Waals surface area contributed by atoms with Crippen LogP contribution in [0, 0.1) is 6.92 Å². The van der Waals surface area contributed by atoms with E-state index in [1.165, 1.54) is 16.4 Å². The van der Waals surface area contributed by atoms with Gasteiger partial charge in [0.15, 0.2) is 0 Å². The van der Waals surface area contributed by atoms with Gasteiger partial charge >= 0.3 is 0 Å². The predicted molar refractivity (Wildman–Crippen MR) is 109 cm³/mol. The van der Waals surface area contributed by atoms with Crippen LogP contribution < -0.4 is 5.32 Å². The Balaban J connectivity index is 1.84. The lowest BCUT2D eigenvalue weighted by molar-refractivity contribution is -0.0440. The molecule has 0 aromatic heterocycles. The Labute approximate surface area is 170 Å². The van der Waals surface area contributed by atoms with Crippen LogP contribution in [0.3, 0.4) is 0 Å². The Morgan fingerprint density at radius 1 is 1.14 bits per heavy atom. The molecule has 1 aliphatic heterocycles. The summed E-state index contributed by atoms with van der Waals surface area (Å²) >= 11 is 6.16. The fourth-order valence-corrected chi connectivity index (χ4v) is 5.11. The molecule has 0 aliphatic carbocycles. The number of anilines is 1. The summed E-state index contributed by atoms with van der Waals surface area (Å²) in [6, 6.07) is 11.3. The number of nitrogens with zero attached hydrogens (tertiary/aromatic N) is 1. The van der Waals surface area contributed by atoms with E-state index in [1.807, 2.05) is 26.8 Å². The lowest BCUT2D eigenvalue weighted by Crippen LogP contribution is -2.48. The van der Waals surface area contributed by atoms with Crippen LogP contribution in [0.2, 0.25) is 5.02 Å². The van der Waals surface area contributed by atoms with E-state index < -0.39 is 15.9 Å². The van der Waals surface area contributed by atoms with E-state index in [1.54, 1.807) is 24.3 Å². The van der Waals surface area contributed by atoms with E-state index in [0.29, 0.717) is 10.7 Å². The van der Waals surface area contributed by atoms with Gasteiger partial charge in [-0.15, -0.1) is 0 Å². The summed E-state index contributed by atoms with van der Waals surface area (Å²) in [7, 11) is -3.72. The van der Waals surface area contributed by atoms with Gasteiger partial charge in [-0.3, -0.25) is 4.79 Å². The summed E-state index contributed by atoms with van der Waals surface area (Å²) in [4.78, 5) is 12.7. The topological polar surface area (TPSA) is 75.7 Å². The molecule has 6 nitrogen and oxygen atoms in total. The van der Waals surface area contributed by atoms with Crippen molar-refractivity contribution in [1.82, 2.24) is 4.31 Å². The number of amides is 1. The van der Waals surface area contributed by atoms with Gasteiger partial charge in [-0.2, -0.15) is 4.31 Å². The average Bonchev–Trinajstić information content (AvgIpc) is 2.63. The minimum absolute atomic E-state index is 0.0800. The fraction of sp³-hybridized carbons (Fsp3) is 0.350. The maximum absolute atomic E-state index is 13.0. The third-order valence-corrected chi connectivity index (χ3v) is 6.63. The SMILES string of the molecule is Cc1ccc(NC(=O)c2cccc(S(=O)(=O)N3CC(C)OC(C)C3)c2)c(Cl)c1. The largest absolute Gasteiger partial charge is 0.373 e. The van der Waals surface area contributed by atoms with Gasteiger partial charge in [0.05, 0.1) is 27.8 Å². The number of sulfonamides is 1. The van der Waals surface area contributed by atoms with Gasteiger partial charge in [0, 0.05) is 18.7 Å². The number of hydrogen-bond donors (Lipinski definition) is 1. The average molecular weight is 423 g/mol. The van der Waals surface area contributed by atoms with E-state index in [4.69, 9.17) is 16.3 Å². The van der Waals surface area contributed by atoms with Gasteiger partial charge in [0.25, 0.3) is 5.91 Å². The van der Waals surface area contributed by atoms with Crippen LogP contribution in [0.5, 0.6) is 0 Å². The predicted octanol–water partition coefficient (Wildman–Crippen LogP) is 3.70. The van der Waals surface area contributed by atoms with E-state index in [2.05, 4.69) is 5.32 Å². The summed E-state index contributed by atoms with van der Waals surface area (Å²) in [6.07, 6.45) is -0.373. The van der Waals surface area contributed by atoms with Crippen LogP contribution in [-0.2, 0) is 14.8 Å². The highest BCUT2D eigenvalue weighted by Gasteiger charge is 2.32. The van der Waals surface area contributed by atoms with E-state index in [0.717, 1.165) is 5.56 Å². The molecule has 1 N–H and O–H groups in total. The molecule has 2 aromatic carbocycles. The zero-order valence-corrected chi connectivity index (χ0v) is 17.5. The lowest BCUT2D eigenvalue weighted by Gasteiger charge is -2.34. The van der Waals surface area contributed by atoms with Crippen molar-refractivity contribution in [1.29, 1.82) is 0 Å². The summed E-state index contributed by atoms with van der Waals surface area (Å²) in [5.74, 6) is -0.425. The van der Waals surface area contributed by atoms with Gasteiger partial charge in [-0.25, -0.2) is 8.42 Å². The van der Waals surface area contributed by atoms with Crippen molar-refractivity contribution in [2.75, 3.05) is 18.4 Å². The zero-order valence-electron chi connectivity index (χ0n) is 16.0. The molecular weight excluding hydrogens is 400 g/mol. The van der Waals surface area contributed by atoms with Crippen molar-refractivity contribution in [2.45, 2.75) is 37.9 Å². The van der Waals surface area contributed by atoms with Gasteiger partial charge in [-0.05, 0) is 56.7 Å². The second-order valence-electron chi connectivity index (χ2n) is 7.04. The van der Waals surface area contributed by atoms with Crippen LogP contribution in [0.1, 0.15) is 29.8 Å². The molecule has 1 fully saturated rings. The van der Waals surface area contributed by atoms with Crippen molar-refractivity contribution in [2.24, 2.45) is 0 Å². The molecule has 0 radical (unpaired) electrons. The number of rotatable bonds is 4. The highest BCUT2D eigenvalue weighted by Crippen LogP contribution is 2.25. The highest BCUT2D eigenvalue weighted by atomic mass is 35.5. The van der Waals surface area contributed by atoms with Crippen molar-refractivity contribution in [3.05, 3.63) is 58.6 Å². The van der Waals surface area contributed by atoms with Crippen molar-refractivity contribution in [3.8, 4) is 0 Å². The number of benzene rings is 2. The van der Waals surface area contributed by atoms with Crippen molar-refractivity contribution < 1.29 is 17.9 Å². The molecule has 1 amide bonds. The molecule has 2 unspecified atom stereocenters. The molecule has 1 aliphatic rings. The molecule has 2 aromatic rings. The number of ether oxygens (including phenoxy) is 1. The second kappa shape index (κ2) is 8.21. The minimum Gasteiger partial charge on any atom is -0.373 e. The maximum Gasteiger partial charge on any atom is 0.255 e. The minimum atomic E-state index is -3.72. The molecular formula is C20H23ClN2O4S. The number of halogens is 1. The Morgan fingerprint density at radius 2 is 1.82 bits per heavy atom. The van der Waals surface area contributed by atoms with E-state index in [-0.39, 0.29) is 35.8 Å². The summed E-state index contributed by atoms with van der Waals surface area (Å²) < 4.78 is 33.1. The second-order valence-corrected chi connectivity index (χ2v) is 9.39. The first-order chi connectivity index (χ1) is 13.2. The molecule has 3 rings (SSSR count). The zero-order chi connectivity index (χ0) is 20.5. The van der Waals surface area contributed by atoms with Crippen LogP contribution in [-0.4, -0.2) is 43.9 Å². The number of carbonyl (C=O) groups excluding carboxylic acids is 1. The standard InChI is InChI=1S/C20H23ClN2O4S/c1-13-7-8-19(18(21)9-13)22-20(24)16-5-4-6-17(10-16)28(25,26)23-11-14(2)27-15(3)12-23/h4-10,14-15H,11-12H2,1-3H3,(H,22,24). The number of carbonyl (C=O) groups is 1. The Bertz CT molecular complexity index is 983. The Hall–Kier alpha value is -1.93. The molecule has 8 heteroatoms. The summed E-state index contributed by atoms with van der Waals surface area (Å²) in [5.41, 5.74) is 1.69. The number of hydrogen-bond acceptors (Lipinski definition) is 4. The van der Waals surface area contributed by atoms with Gasteiger partial charge in [0.1, 0.15) is 0 Å². The third-order valence-electron chi connectivity index (χ3n) is 4.49. The normalized spacial score (nSPS) is 20.7. The summed E-state index contributed by atoms with van der Waals surface area (Å²) in [6.45, 7) is 6.14. The number of morpholine rings is 1. The molecule has 1 saturated heterocycles. The Kier molecular flexibility index (Phi) is 6.09. The fourth-order valence-electron chi connectivity index (χ4n) is 3.19. The van der Waals surface area contributed by atoms with E-state index in [9.17, 15) is 13.2 Å². The van der Waals surface area contributed by atoms with Crippen LogP contribution in [0.25, 0.3) is 0 Å². The van der Waals surface area contributed by atoms with Gasteiger partial charge < -0.3 is 10.1 Å². The molecule has 0 spiro atoms. The highest BCUT2D eigenvalue weighted by molar-refractivity contribution is 7.89.